The van der Waals surface area contributed by atoms with E-state index >= 15 is 0 Å². The lowest BCUT2D eigenvalue weighted by atomic mass is 9.87. The number of carbonyl (C=O) groups excluding carboxylic acids is 1. The molecule has 0 aromatic carbocycles. The van der Waals surface area contributed by atoms with Gasteiger partial charge < -0.3 is 20.1 Å². The van der Waals surface area contributed by atoms with Crippen LogP contribution in [0.2, 0.25) is 0 Å². The molecule has 3 fully saturated rings. The van der Waals surface area contributed by atoms with Gasteiger partial charge in [-0.1, -0.05) is 0 Å². The number of nitrogens with one attached hydrogen (secondary N) is 2. The fourth-order valence-electron chi connectivity index (χ4n) is 4.38. The first-order valence-electron chi connectivity index (χ1n) is 10.2. The van der Waals surface area contributed by atoms with Crippen molar-refractivity contribution in [1.82, 2.24) is 15.6 Å². The van der Waals surface area contributed by atoms with Crippen LogP contribution in [0.5, 0.6) is 11.8 Å². The van der Waals surface area contributed by atoms with Crippen molar-refractivity contribution in [1.29, 1.82) is 0 Å². The average Bonchev–Trinajstić information content (AvgIpc) is 3.32. The summed E-state index contributed by atoms with van der Waals surface area (Å²) >= 11 is 0. The molecule has 3 atom stereocenters. The highest BCUT2D eigenvalue weighted by Crippen LogP contribution is 2.41. The minimum Gasteiger partial charge on any atom is -0.481 e. The predicted molar refractivity (Wildman–Crippen MR) is 98.5 cm³/mol. The molecule has 1 saturated heterocycles. The van der Waals surface area contributed by atoms with E-state index < -0.39 is 24.0 Å². The van der Waals surface area contributed by atoms with Gasteiger partial charge in [0, 0.05) is 18.2 Å². The van der Waals surface area contributed by atoms with Crippen LogP contribution in [0.1, 0.15) is 44.1 Å². The van der Waals surface area contributed by atoms with E-state index in [1.807, 2.05) is 0 Å². The number of halogens is 4. The molecule has 10 heteroatoms. The lowest BCUT2D eigenvalue weighted by molar-refractivity contribution is -0.185. The zero-order chi connectivity index (χ0) is 21.5. The second kappa shape index (κ2) is 8.20. The lowest BCUT2D eigenvalue weighted by Gasteiger charge is -2.30. The number of alkyl halides is 3. The second-order valence-electron chi connectivity index (χ2n) is 8.35. The maximum atomic E-state index is 14.5. The predicted octanol–water partition coefficient (Wildman–Crippen LogP) is 3.10. The summed E-state index contributed by atoms with van der Waals surface area (Å²) in [6.07, 6.45) is -2.54. The molecule has 0 spiro atoms. The number of hydrogen-bond acceptors (Lipinski definition) is 5. The first-order chi connectivity index (χ1) is 14.2. The van der Waals surface area contributed by atoms with Gasteiger partial charge in [0.2, 0.25) is 11.8 Å². The molecule has 30 heavy (non-hydrogen) atoms. The van der Waals surface area contributed by atoms with Gasteiger partial charge in [0.15, 0.2) is 5.82 Å². The van der Waals surface area contributed by atoms with Crippen LogP contribution >= 0.6 is 0 Å². The van der Waals surface area contributed by atoms with Crippen molar-refractivity contribution in [3.8, 4) is 11.8 Å². The summed E-state index contributed by atoms with van der Waals surface area (Å²) in [5.41, 5.74) is 0.361. The van der Waals surface area contributed by atoms with Crippen molar-refractivity contribution >= 4 is 5.91 Å². The van der Waals surface area contributed by atoms with Crippen molar-refractivity contribution in [2.45, 2.75) is 69.4 Å². The van der Waals surface area contributed by atoms with Crippen LogP contribution in [-0.2, 0) is 11.3 Å². The van der Waals surface area contributed by atoms with Gasteiger partial charge in [-0.05, 0) is 50.5 Å². The Morgan fingerprint density at radius 2 is 1.97 bits per heavy atom. The van der Waals surface area contributed by atoms with Gasteiger partial charge in [0.25, 0.3) is 5.88 Å². The molecular formula is C20H25F4N3O3. The molecule has 1 aromatic heterocycles. The Bertz CT molecular complexity index is 786. The van der Waals surface area contributed by atoms with E-state index in [1.54, 1.807) is 0 Å². The number of carbonyl (C=O) groups is 1. The number of rotatable bonds is 6. The van der Waals surface area contributed by atoms with Gasteiger partial charge >= 0.3 is 6.18 Å². The molecule has 0 radical (unpaired) electrons. The third kappa shape index (κ3) is 4.63. The Hall–Kier alpha value is -2.10. The fourth-order valence-corrected chi connectivity index (χ4v) is 4.38. The molecule has 0 bridgehead atoms. The van der Waals surface area contributed by atoms with Crippen LogP contribution < -0.4 is 20.1 Å². The minimum absolute atomic E-state index is 0.0477. The Morgan fingerprint density at radius 3 is 2.57 bits per heavy atom. The van der Waals surface area contributed by atoms with Gasteiger partial charge in [0.05, 0.1) is 19.1 Å². The molecule has 1 amide bonds. The number of methoxy groups -OCH3 is 1. The van der Waals surface area contributed by atoms with Crippen molar-refractivity contribution in [3.05, 3.63) is 17.4 Å². The SMILES string of the molecule is COc1nc(OC2CCC(C(F)(F)F)CC2)c(F)cc1CNC(=O)[C@H]1CC2CC2N1. The van der Waals surface area contributed by atoms with Crippen LogP contribution in [0.3, 0.4) is 0 Å². The number of piperidine rings is 1. The van der Waals surface area contributed by atoms with Crippen molar-refractivity contribution in [3.63, 3.8) is 0 Å². The van der Waals surface area contributed by atoms with E-state index in [2.05, 4.69) is 15.6 Å². The van der Waals surface area contributed by atoms with Gasteiger partial charge in [-0.25, -0.2) is 4.39 Å². The number of pyridine rings is 1. The van der Waals surface area contributed by atoms with E-state index in [9.17, 15) is 22.4 Å². The van der Waals surface area contributed by atoms with Crippen LogP contribution in [0, 0.1) is 17.7 Å². The Labute approximate surface area is 171 Å². The van der Waals surface area contributed by atoms with Crippen LogP contribution in [0.4, 0.5) is 17.6 Å². The normalized spacial score (nSPS) is 30.5. The van der Waals surface area contributed by atoms with Gasteiger partial charge in [0.1, 0.15) is 6.10 Å². The van der Waals surface area contributed by atoms with Gasteiger partial charge in [-0.15, -0.1) is 0 Å². The summed E-state index contributed by atoms with van der Waals surface area (Å²) < 4.78 is 63.6. The van der Waals surface area contributed by atoms with E-state index in [4.69, 9.17) is 9.47 Å². The molecule has 1 aliphatic heterocycles. The van der Waals surface area contributed by atoms with Gasteiger partial charge in [-0.3, -0.25) is 4.79 Å². The zero-order valence-corrected chi connectivity index (χ0v) is 16.6. The Morgan fingerprint density at radius 1 is 1.23 bits per heavy atom. The largest absolute Gasteiger partial charge is 0.481 e. The van der Waals surface area contributed by atoms with E-state index in [0.29, 0.717) is 17.5 Å². The Balaban J connectivity index is 1.34. The summed E-state index contributed by atoms with van der Waals surface area (Å²) in [6.45, 7) is 0.0520. The van der Waals surface area contributed by atoms with Crippen molar-refractivity contribution < 1.29 is 31.8 Å². The summed E-state index contributed by atoms with van der Waals surface area (Å²) in [4.78, 5) is 16.3. The highest BCUT2D eigenvalue weighted by molar-refractivity contribution is 5.82. The molecule has 2 unspecified atom stereocenters. The first kappa shape index (κ1) is 21.1. The number of aromatic nitrogens is 1. The summed E-state index contributed by atoms with van der Waals surface area (Å²) in [6, 6.07) is 1.39. The second-order valence-corrected chi connectivity index (χ2v) is 8.35. The van der Waals surface area contributed by atoms with Crippen LogP contribution in [0.25, 0.3) is 0 Å². The monoisotopic (exact) mass is 431 g/mol. The molecular weight excluding hydrogens is 406 g/mol. The molecule has 2 aliphatic carbocycles. The van der Waals surface area contributed by atoms with E-state index in [0.717, 1.165) is 12.8 Å². The quantitative estimate of drug-likeness (QED) is 0.678. The Kier molecular flexibility index (Phi) is 5.78. The van der Waals surface area contributed by atoms with E-state index in [-0.39, 0.29) is 55.9 Å². The number of amides is 1. The number of fused-ring (bicyclic) bond motifs is 1. The number of nitrogens with zero attached hydrogens (tertiary/aromatic N) is 1. The standard InChI is InChI=1S/C20H25F4N3O3/c1-29-18-11(9-25-17(28)16-8-10-7-15(10)26-16)6-14(21)19(27-18)30-13-4-2-12(3-5-13)20(22,23)24/h6,10,12-13,15-16,26H,2-5,7-9H2,1H3,(H,25,28)/t10?,12?,13?,15?,16-/m1/s1. The zero-order valence-electron chi connectivity index (χ0n) is 16.6. The van der Waals surface area contributed by atoms with Crippen molar-refractivity contribution in [2.24, 2.45) is 11.8 Å². The molecule has 2 N–H and O–H groups in total. The van der Waals surface area contributed by atoms with Crippen LogP contribution in [0.15, 0.2) is 6.07 Å². The summed E-state index contributed by atoms with van der Waals surface area (Å²) in [5, 5.41) is 6.02. The van der Waals surface area contributed by atoms with Crippen molar-refractivity contribution in [2.75, 3.05) is 7.11 Å². The number of hydrogen-bond donors (Lipinski definition) is 2. The maximum Gasteiger partial charge on any atom is 0.391 e. The van der Waals surface area contributed by atoms with Gasteiger partial charge in [-0.2, -0.15) is 18.2 Å². The third-order valence-corrected chi connectivity index (χ3v) is 6.24. The molecule has 3 aliphatic rings. The van der Waals surface area contributed by atoms with Crippen LogP contribution in [-0.4, -0.2) is 42.4 Å². The highest BCUT2D eigenvalue weighted by atomic mass is 19.4. The lowest BCUT2D eigenvalue weighted by Crippen LogP contribution is -2.41. The maximum absolute atomic E-state index is 14.5. The molecule has 2 heterocycles. The molecule has 6 nitrogen and oxygen atoms in total. The molecule has 1 aromatic rings. The third-order valence-electron chi connectivity index (χ3n) is 6.24. The topological polar surface area (TPSA) is 72.5 Å². The smallest absolute Gasteiger partial charge is 0.391 e. The highest BCUT2D eigenvalue weighted by Gasteiger charge is 2.47. The molecule has 2 saturated carbocycles. The minimum atomic E-state index is -4.21. The average molecular weight is 431 g/mol. The molecule has 4 rings (SSSR count). The fraction of sp³-hybridized carbons (Fsp3) is 0.700. The van der Waals surface area contributed by atoms with E-state index in [1.165, 1.54) is 13.2 Å². The summed E-state index contributed by atoms with van der Waals surface area (Å²) in [5.74, 6) is -1.83. The summed E-state index contributed by atoms with van der Waals surface area (Å²) in [7, 11) is 1.37. The first-order valence-corrected chi connectivity index (χ1v) is 10.2. The number of ether oxygens (including phenoxy) is 2. The molecule has 166 valence electrons.